The first-order valence-electron chi connectivity index (χ1n) is 9.72. The SMILES string of the molecule is Cl.S=C(NCCCN1CCOCC1)N(Cc1ccccc1)Cc1ccccc1. The normalized spacial score (nSPS) is 14.1. The maximum absolute atomic E-state index is 5.72. The van der Waals surface area contributed by atoms with Crippen LogP contribution < -0.4 is 5.32 Å². The lowest BCUT2D eigenvalue weighted by atomic mass is 10.2. The summed E-state index contributed by atoms with van der Waals surface area (Å²) >= 11 is 5.72. The minimum absolute atomic E-state index is 0. The molecule has 1 aliphatic rings. The molecule has 0 atom stereocenters. The molecule has 0 radical (unpaired) electrons. The fraction of sp³-hybridized carbons (Fsp3) is 0.409. The first-order valence-corrected chi connectivity index (χ1v) is 10.1. The molecule has 0 spiro atoms. The number of morpholine rings is 1. The van der Waals surface area contributed by atoms with E-state index in [-0.39, 0.29) is 12.4 Å². The van der Waals surface area contributed by atoms with Crippen LogP contribution in [0.4, 0.5) is 0 Å². The van der Waals surface area contributed by atoms with Gasteiger partial charge in [-0.3, -0.25) is 4.90 Å². The summed E-state index contributed by atoms with van der Waals surface area (Å²) < 4.78 is 5.40. The summed E-state index contributed by atoms with van der Waals surface area (Å²) in [5.41, 5.74) is 2.54. The summed E-state index contributed by atoms with van der Waals surface area (Å²) in [7, 11) is 0. The number of nitrogens with one attached hydrogen (secondary N) is 1. The second kappa shape index (κ2) is 12.7. The standard InChI is InChI=1S/C22H29N3OS.ClH/c27-22(23-12-7-13-24-14-16-26-17-15-24)25(18-20-8-3-1-4-9-20)19-21-10-5-2-6-11-21;/h1-6,8-11H,7,12-19H2,(H,23,27);1H. The van der Waals surface area contributed by atoms with E-state index >= 15 is 0 Å². The second-order valence-electron chi connectivity index (χ2n) is 6.87. The number of benzene rings is 2. The molecule has 1 fully saturated rings. The molecule has 1 heterocycles. The van der Waals surface area contributed by atoms with Gasteiger partial charge in [0.2, 0.25) is 0 Å². The smallest absolute Gasteiger partial charge is 0.169 e. The van der Waals surface area contributed by atoms with Crippen LogP contribution in [0.1, 0.15) is 17.5 Å². The number of halogens is 1. The molecule has 0 unspecified atom stereocenters. The molecule has 0 aliphatic carbocycles. The van der Waals surface area contributed by atoms with E-state index in [0.717, 1.165) is 64.0 Å². The summed E-state index contributed by atoms with van der Waals surface area (Å²) in [4.78, 5) is 4.70. The van der Waals surface area contributed by atoms with Crippen LogP contribution in [0.25, 0.3) is 0 Å². The Hall–Kier alpha value is -1.66. The van der Waals surface area contributed by atoms with Gasteiger partial charge in [-0.25, -0.2) is 0 Å². The number of rotatable bonds is 8. The van der Waals surface area contributed by atoms with E-state index in [1.54, 1.807) is 0 Å². The van der Waals surface area contributed by atoms with Crippen molar-refractivity contribution in [3.8, 4) is 0 Å². The van der Waals surface area contributed by atoms with Crippen LogP contribution in [-0.4, -0.2) is 54.3 Å². The number of hydrogen-bond donors (Lipinski definition) is 1. The summed E-state index contributed by atoms with van der Waals surface area (Å²) in [6.45, 7) is 7.40. The lowest BCUT2D eigenvalue weighted by Gasteiger charge is -2.28. The average Bonchev–Trinajstić information content (AvgIpc) is 2.73. The zero-order valence-electron chi connectivity index (χ0n) is 16.3. The summed E-state index contributed by atoms with van der Waals surface area (Å²) in [5, 5.41) is 4.29. The minimum atomic E-state index is 0. The van der Waals surface area contributed by atoms with Gasteiger partial charge in [-0.05, 0) is 36.3 Å². The van der Waals surface area contributed by atoms with Crippen LogP contribution in [0.2, 0.25) is 0 Å². The van der Waals surface area contributed by atoms with Gasteiger partial charge in [0, 0.05) is 32.7 Å². The Labute approximate surface area is 180 Å². The molecule has 4 nitrogen and oxygen atoms in total. The third-order valence-electron chi connectivity index (χ3n) is 4.75. The van der Waals surface area contributed by atoms with E-state index in [1.807, 2.05) is 12.1 Å². The van der Waals surface area contributed by atoms with Gasteiger partial charge in [0.15, 0.2) is 5.11 Å². The zero-order valence-corrected chi connectivity index (χ0v) is 17.9. The van der Waals surface area contributed by atoms with Crippen LogP contribution in [0.5, 0.6) is 0 Å². The van der Waals surface area contributed by atoms with Gasteiger partial charge in [-0.1, -0.05) is 60.7 Å². The molecule has 1 aliphatic heterocycles. The first kappa shape index (κ1) is 22.6. The Morgan fingerprint density at radius 2 is 1.46 bits per heavy atom. The van der Waals surface area contributed by atoms with Crippen LogP contribution in [-0.2, 0) is 17.8 Å². The Morgan fingerprint density at radius 1 is 0.929 bits per heavy atom. The Kier molecular flexibility index (Phi) is 10.3. The molecule has 2 aromatic rings. The third-order valence-corrected chi connectivity index (χ3v) is 5.15. The molecule has 1 saturated heterocycles. The van der Waals surface area contributed by atoms with Gasteiger partial charge in [0.1, 0.15) is 0 Å². The summed E-state index contributed by atoms with van der Waals surface area (Å²) in [5.74, 6) is 0. The third kappa shape index (κ3) is 7.76. The lowest BCUT2D eigenvalue weighted by Crippen LogP contribution is -2.41. The van der Waals surface area contributed by atoms with Crippen molar-refractivity contribution in [3.05, 3.63) is 71.8 Å². The molecule has 2 aromatic carbocycles. The Bertz CT molecular complexity index is 639. The van der Waals surface area contributed by atoms with E-state index in [4.69, 9.17) is 17.0 Å². The molecule has 0 amide bonds. The first-order chi connectivity index (χ1) is 13.3. The monoisotopic (exact) mass is 419 g/mol. The van der Waals surface area contributed by atoms with Gasteiger partial charge < -0.3 is 15.0 Å². The van der Waals surface area contributed by atoms with Crippen molar-refractivity contribution < 1.29 is 4.74 Å². The summed E-state index contributed by atoms with van der Waals surface area (Å²) in [6, 6.07) is 21.0. The highest BCUT2D eigenvalue weighted by Crippen LogP contribution is 2.10. The van der Waals surface area contributed by atoms with E-state index in [1.165, 1.54) is 11.1 Å². The second-order valence-corrected chi connectivity index (χ2v) is 7.25. The highest BCUT2D eigenvalue weighted by atomic mass is 35.5. The molecule has 0 aromatic heterocycles. The fourth-order valence-corrected chi connectivity index (χ4v) is 3.47. The topological polar surface area (TPSA) is 27.7 Å². The van der Waals surface area contributed by atoms with E-state index in [2.05, 4.69) is 63.6 Å². The molecule has 1 N–H and O–H groups in total. The maximum Gasteiger partial charge on any atom is 0.169 e. The maximum atomic E-state index is 5.72. The molecule has 152 valence electrons. The van der Waals surface area contributed by atoms with Crippen LogP contribution >= 0.6 is 24.6 Å². The van der Waals surface area contributed by atoms with Crippen molar-refractivity contribution in [2.45, 2.75) is 19.5 Å². The van der Waals surface area contributed by atoms with Gasteiger partial charge in [-0.15, -0.1) is 12.4 Å². The van der Waals surface area contributed by atoms with Crippen LogP contribution in [0.3, 0.4) is 0 Å². The minimum Gasteiger partial charge on any atom is -0.379 e. The zero-order chi connectivity index (χ0) is 18.7. The van der Waals surface area contributed by atoms with E-state index in [0.29, 0.717) is 0 Å². The predicted octanol–water partition coefficient (Wildman–Crippen LogP) is 3.71. The number of thiocarbonyl (C=S) groups is 1. The molecule has 0 bridgehead atoms. The molecule has 3 rings (SSSR count). The molecule has 0 saturated carbocycles. The molecular weight excluding hydrogens is 390 g/mol. The molecular formula is C22H30ClN3OS. The highest BCUT2D eigenvalue weighted by Gasteiger charge is 2.12. The number of hydrogen-bond acceptors (Lipinski definition) is 3. The quantitative estimate of drug-likeness (QED) is 0.520. The van der Waals surface area contributed by atoms with Gasteiger partial charge in [-0.2, -0.15) is 0 Å². The average molecular weight is 420 g/mol. The number of nitrogens with zero attached hydrogens (tertiary/aromatic N) is 2. The fourth-order valence-electron chi connectivity index (χ4n) is 3.24. The largest absolute Gasteiger partial charge is 0.379 e. The van der Waals surface area contributed by atoms with E-state index in [9.17, 15) is 0 Å². The van der Waals surface area contributed by atoms with Gasteiger partial charge >= 0.3 is 0 Å². The van der Waals surface area contributed by atoms with Crippen molar-refractivity contribution >= 4 is 29.7 Å². The summed E-state index contributed by atoms with van der Waals surface area (Å²) in [6.07, 6.45) is 1.09. The Morgan fingerprint density at radius 3 is 2.00 bits per heavy atom. The lowest BCUT2D eigenvalue weighted by molar-refractivity contribution is 0.0376. The van der Waals surface area contributed by atoms with E-state index < -0.39 is 0 Å². The Balaban J connectivity index is 0.00000280. The van der Waals surface area contributed by atoms with Crippen molar-refractivity contribution in [3.63, 3.8) is 0 Å². The van der Waals surface area contributed by atoms with Crippen molar-refractivity contribution in [1.29, 1.82) is 0 Å². The van der Waals surface area contributed by atoms with Gasteiger partial charge in [0.05, 0.1) is 13.2 Å². The van der Waals surface area contributed by atoms with Crippen LogP contribution in [0.15, 0.2) is 60.7 Å². The highest BCUT2D eigenvalue weighted by molar-refractivity contribution is 7.80. The van der Waals surface area contributed by atoms with Crippen molar-refractivity contribution in [2.24, 2.45) is 0 Å². The molecule has 28 heavy (non-hydrogen) atoms. The van der Waals surface area contributed by atoms with Gasteiger partial charge in [0.25, 0.3) is 0 Å². The predicted molar refractivity (Wildman–Crippen MR) is 122 cm³/mol. The molecule has 6 heteroatoms. The van der Waals surface area contributed by atoms with Crippen molar-refractivity contribution in [1.82, 2.24) is 15.1 Å². The number of ether oxygens (including phenoxy) is 1. The van der Waals surface area contributed by atoms with Crippen LogP contribution in [0, 0.1) is 0 Å². The van der Waals surface area contributed by atoms with Crippen molar-refractivity contribution in [2.75, 3.05) is 39.4 Å².